The molecule has 3 N–H and O–H groups in total. The Labute approximate surface area is 85.1 Å². The van der Waals surface area contributed by atoms with Gasteiger partial charge in [-0.1, -0.05) is 0 Å². The third-order valence-electron chi connectivity index (χ3n) is 2.65. The first-order valence-corrected chi connectivity index (χ1v) is 5.19. The van der Waals surface area contributed by atoms with E-state index in [-0.39, 0.29) is 24.1 Å². The number of nitrogens with one attached hydrogen (secondary N) is 2. The standard InChI is InChI=1S/C10H20N2O2/c1-10(2,5-6-13)11-7-8-3-4-9(14)12-8/h8,11,13H,3-7H2,1-2H3,(H,12,14). The Bertz CT molecular complexity index is 204. The summed E-state index contributed by atoms with van der Waals surface area (Å²) in [6, 6.07) is 0.264. The largest absolute Gasteiger partial charge is 0.396 e. The summed E-state index contributed by atoms with van der Waals surface area (Å²) in [7, 11) is 0. The molecule has 0 aliphatic carbocycles. The molecule has 1 aliphatic heterocycles. The zero-order valence-electron chi connectivity index (χ0n) is 8.97. The fourth-order valence-electron chi connectivity index (χ4n) is 1.60. The average molecular weight is 200 g/mol. The molecule has 1 fully saturated rings. The first kappa shape index (κ1) is 11.5. The number of hydrogen-bond donors (Lipinski definition) is 3. The minimum atomic E-state index is -0.0535. The van der Waals surface area contributed by atoms with Crippen LogP contribution in [-0.4, -0.2) is 35.7 Å². The minimum Gasteiger partial charge on any atom is -0.396 e. The van der Waals surface area contributed by atoms with Gasteiger partial charge in [-0.3, -0.25) is 4.79 Å². The number of aliphatic hydroxyl groups is 1. The molecule has 0 aromatic carbocycles. The molecule has 82 valence electrons. The van der Waals surface area contributed by atoms with Crippen LogP contribution < -0.4 is 10.6 Å². The number of hydrogen-bond acceptors (Lipinski definition) is 3. The van der Waals surface area contributed by atoms with E-state index in [4.69, 9.17) is 5.11 Å². The molecule has 1 saturated heterocycles. The second-order valence-electron chi connectivity index (χ2n) is 4.54. The van der Waals surface area contributed by atoms with E-state index in [0.717, 1.165) is 19.4 Å². The van der Waals surface area contributed by atoms with E-state index in [1.807, 2.05) is 0 Å². The molecule has 0 saturated carbocycles. The molecule has 4 nitrogen and oxygen atoms in total. The maximum Gasteiger partial charge on any atom is 0.220 e. The first-order chi connectivity index (χ1) is 6.53. The molecule has 1 atom stereocenters. The van der Waals surface area contributed by atoms with Crippen LogP contribution in [0.5, 0.6) is 0 Å². The van der Waals surface area contributed by atoms with Crippen molar-refractivity contribution in [1.82, 2.24) is 10.6 Å². The van der Waals surface area contributed by atoms with Crippen molar-refractivity contribution in [3.05, 3.63) is 0 Å². The van der Waals surface area contributed by atoms with Crippen LogP contribution >= 0.6 is 0 Å². The van der Waals surface area contributed by atoms with Gasteiger partial charge >= 0.3 is 0 Å². The Hall–Kier alpha value is -0.610. The fraction of sp³-hybridized carbons (Fsp3) is 0.900. The summed E-state index contributed by atoms with van der Waals surface area (Å²) in [6.45, 7) is 5.09. The Morgan fingerprint density at radius 2 is 2.36 bits per heavy atom. The fourth-order valence-corrected chi connectivity index (χ4v) is 1.60. The second-order valence-corrected chi connectivity index (χ2v) is 4.54. The van der Waals surface area contributed by atoms with E-state index in [1.165, 1.54) is 0 Å². The third kappa shape index (κ3) is 3.64. The molecule has 1 aliphatic rings. The van der Waals surface area contributed by atoms with Gasteiger partial charge in [0.15, 0.2) is 0 Å². The van der Waals surface area contributed by atoms with Crippen molar-refractivity contribution in [1.29, 1.82) is 0 Å². The summed E-state index contributed by atoms with van der Waals surface area (Å²) in [5, 5.41) is 15.1. The molecule has 0 aromatic heterocycles. The van der Waals surface area contributed by atoms with Crippen LogP contribution in [0.25, 0.3) is 0 Å². The zero-order chi connectivity index (χ0) is 10.6. The summed E-state index contributed by atoms with van der Waals surface area (Å²) in [6.07, 6.45) is 2.29. The van der Waals surface area contributed by atoms with E-state index in [2.05, 4.69) is 24.5 Å². The highest BCUT2D eigenvalue weighted by Gasteiger charge is 2.23. The van der Waals surface area contributed by atoms with E-state index in [1.54, 1.807) is 0 Å². The van der Waals surface area contributed by atoms with Gasteiger partial charge in [0.25, 0.3) is 0 Å². The molecule has 0 aromatic rings. The van der Waals surface area contributed by atoms with Crippen LogP contribution in [0.3, 0.4) is 0 Å². The predicted molar refractivity (Wildman–Crippen MR) is 54.9 cm³/mol. The Kier molecular flexibility index (Phi) is 3.89. The molecule has 1 amide bonds. The molecular formula is C10H20N2O2. The normalized spacial score (nSPS) is 22.5. The highest BCUT2D eigenvalue weighted by atomic mass is 16.3. The lowest BCUT2D eigenvalue weighted by molar-refractivity contribution is -0.119. The van der Waals surface area contributed by atoms with Gasteiger partial charge in [-0.25, -0.2) is 0 Å². The van der Waals surface area contributed by atoms with Crippen molar-refractivity contribution >= 4 is 5.91 Å². The van der Waals surface area contributed by atoms with Crippen molar-refractivity contribution in [2.75, 3.05) is 13.2 Å². The van der Waals surface area contributed by atoms with Gasteiger partial charge in [-0.2, -0.15) is 0 Å². The van der Waals surface area contributed by atoms with Crippen molar-refractivity contribution in [2.45, 2.75) is 44.7 Å². The topological polar surface area (TPSA) is 61.4 Å². The van der Waals surface area contributed by atoms with Crippen LogP contribution in [0.4, 0.5) is 0 Å². The van der Waals surface area contributed by atoms with Gasteiger partial charge in [0.05, 0.1) is 0 Å². The molecule has 0 radical (unpaired) electrons. The Balaban J connectivity index is 2.22. The number of carbonyl (C=O) groups is 1. The lowest BCUT2D eigenvalue weighted by atomic mass is 10.0. The number of amides is 1. The smallest absolute Gasteiger partial charge is 0.220 e. The Morgan fingerprint density at radius 1 is 1.64 bits per heavy atom. The van der Waals surface area contributed by atoms with Crippen LogP contribution in [0.15, 0.2) is 0 Å². The molecule has 4 heteroatoms. The summed E-state index contributed by atoms with van der Waals surface area (Å²) in [5.41, 5.74) is -0.0535. The minimum absolute atomic E-state index is 0.0535. The predicted octanol–water partition coefficient (Wildman–Crippen LogP) is 0.0156. The molecule has 1 unspecified atom stereocenters. The van der Waals surface area contributed by atoms with Crippen molar-refractivity contribution in [3.63, 3.8) is 0 Å². The van der Waals surface area contributed by atoms with Gasteiger partial charge in [-0.15, -0.1) is 0 Å². The summed E-state index contributed by atoms with van der Waals surface area (Å²) < 4.78 is 0. The summed E-state index contributed by atoms with van der Waals surface area (Å²) >= 11 is 0. The van der Waals surface area contributed by atoms with Crippen LogP contribution in [0.1, 0.15) is 33.1 Å². The molecule has 1 rings (SSSR count). The number of aliphatic hydroxyl groups excluding tert-OH is 1. The molecule has 14 heavy (non-hydrogen) atoms. The van der Waals surface area contributed by atoms with E-state index >= 15 is 0 Å². The molecule has 0 bridgehead atoms. The SMILES string of the molecule is CC(C)(CCO)NCC1CCC(=O)N1. The van der Waals surface area contributed by atoms with E-state index in [0.29, 0.717) is 6.42 Å². The van der Waals surface area contributed by atoms with Gasteiger partial charge in [0.2, 0.25) is 5.91 Å². The van der Waals surface area contributed by atoms with Gasteiger partial charge < -0.3 is 15.7 Å². The van der Waals surface area contributed by atoms with Crippen molar-refractivity contribution in [3.8, 4) is 0 Å². The zero-order valence-corrected chi connectivity index (χ0v) is 8.97. The second kappa shape index (κ2) is 4.75. The molecule has 0 spiro atoms. The quantitative estimate of drug-likeness (QED) is 0.586. The number of carbonyl (C=O) groups excluding carboxylic acids is 1. The van der Waals surface area contributed by atoms with Gasteiger partial charge in [0, 0.05) is 31.2 Å². The van der Waals surface area contributed by atoms with Gasteiger partial charge in [0.1, 0.15) is 0 Å². The van der Waals surface area contributed by atoms with Crippen molar-refractivity contribution in [2.24, 2.45) is 0 Å². The lowest BCUT2D eigenvalue weighted by Crippen LogP contribution is -2.46. The van der Waals surface area contributed by atoms with E-state index in [9.17, 15) is 4.79 Å². The third-order valence-corrected chi connectivity index (χ3v) is 2.65. The summed E-state index contributed by atoms with van der Waals surface area (Å²) in [4.78, 5) is 10.9. The maximum atomic E-state index is 10.9. The number of rotatable bonds is 5. The Morgan fingerprint density at radius 3 is 2.86 bits per heavy atom. The maximum absolute atomic E-state index is 10.9. The van der Waals surface area contributed by atoms with Crippen LogP contribution in [0.2, 0.25) is 0 Å². The molecular weight excluding hydrogens is 180 g/mol. The van der Waals surface area contributed by atoms with E-state index < -0.39 is 0 Å². The van der Waals surface area contributed by atoms with Gasteiger partial charge in [-0.05, 0) is 26.7 Å². The van der Waals surface area contributed by atoms with Crippen LogP contribution in [0, 0.1) is 0 Å². The average Bonchev–Trinajstić information content (AvgIpc) is 2.48. The lowest BCUT2D eigenvalue weighted by Gasteiger charge is -2.27. The molecule has 1 heterocycles. The van der Waals surface area contributed by atoms with Crippen LogP contribution in [-0.2, 0) is 4.79 Å². The highest BCUT2D eigenvalue weighted by Crippen LogP contribution is 2.10. The monoisotopic (exact) mass is 200 g/mol. The first-order valence-electron chi connectivity index (χ1n) is 5.19. The highest BCUT2D eigenvalue weighted by molar-refractivity contribution is 5.78. The summed E-state index contributed by atoms with van der Waals surface area (Å²) in [5.74, 6) is 0.150. The van der Waals surface area contributed by atoms with Crippen molar-refractivity contribution < 1.29 is 9.90 Å².